The molecule has 0 aliphatic heterocycles. The Labute approximate surface area is 106 Å². The maximum absolute atomic E-state index is 11.7. The molecular formula is C12H17NO4S. The molecule has 0 aromatic heterocycles. The first-order valence-corrected chi connectivity index (χ1v) is 7.31. The van der Waals surface area contributed by atoms with E-state index in [0.29, 0.717) is 6.42 Å². The summed E-state index contributed by atoms with van der Waals surface area (Å²) >= 11 is 0. The van der Waals surface area contributed by atoms with E-state index in [2.05, 4.69) is 0 Å². The molecule has 0 saturated heterocycles. The van der Waals surface area contributed by atoms with Crippen LogP contribution in [0.3, 0.4) is 0 Å². The Morgan fingerprint density at radius 1 is 1.39 bits per heavy atom. The lowest BCUT2D eigenvalue weighted by Crippen LogP contribution is -2.36. The third-order valence-corrected chi connectivity index (χ3v) is 5.34. The van der Waals surface area contributed by atoms with Gasteiger partial charge in [-0.25, -0.2) is 13.6 Å². The van der Waals surface area contributed by atoms with Crippen LogP contribution < -0.4 is 5.14 Å². The van der Waals surface area contributed by atoms with Crippen molar-refractivity contribution in [2.75, 3.05) is 6.61 Å². The van der Waals surface area contributed by atoms with E-state index in [1.807, 2.05) is 30.3 Å². The quantitative estimate of drug-likeness (QED) is 0.698. The molecule has 18 heavy (non-hydrogen) atoms. The second kappa shape index (κ2) is 4.62. The lowest BCUT2D eigenvalue weighted by atomic mass is 10.1. The van der Waals surface area contributed by atoms with Crippen LogP contribution in [0.15, 0.2) is 30.3 Å². The molecule has 0 radical (unpaired) electrons. The van der Waals surface area contributed by atoms with Gasteiger partial charge in [-0.2, -0.15) is 0 Å². The Hall–Kier alpha value is -0.950. The minimum atomic E-state index is -3.76. The molecule has 2 rings (SSSR count). The molecule has 3 unspecified atom stereocenters. The molecule has 1 fully saturated rings. The van der Waals surface area contributed by atoms with Crippen LogP contribution in [-0.4, -0.2) is 36.1 Å². The molecule has 0 heterocycles. The van der Waals surface area contributed by atoms with Crippen molar-refractivity contribution in [1.82, 2.24) is 0 Å². The van der Waals surface area contributed by atoms with E-state index in [4.69, 9.17) is 10.2 Å². The smallest absolute Gasteiger partial charge is 0.215 e. The van der Waals surface area contributed by atoms with Gasteiger partial charge in [0.15, 0.2) is 0 Å². The Morgan fingerprint density at radius 3 is 2.50 bits per heavy atom. The fourth-order valence-corrected chi connectivity index (χ4v) is 3.87. The van der Waals surface area contributed by atoms with Crippen LogP contribution in [0.4, 0.5) is 0 Å². The van der Waals surface area contributed by atoms with E-state index >= 15 is 0 Å². The summed E-state index contributed by atoms with van der Waals surface area (Å²) in [5.41, 5.74) is 0.900. The minimum Gasteiger partial charge on any atom is -0.394 e. The van der Waals surface area contributed by atoms with Crippen LogP contribution in [0, 0.1) is 0 Å². The Bertz CT molecular complexity index is 516. The third-order valence-electron chi connectivity index (χ3n) is 3.59. The first kappa shape index (κ1) is 13.5. The summed E-state index contributed by atoms with van der Waals surface area (Å²) in [6.45, 7) is -0.460. The first-order chi connectivity index (χ1) is 8.40. The zero-order chi connectivity index (χ0) is 13.4. The largest absolute Gasteiger partial charge is 0.394 e. The van der Waals surface area contributed by atoms with Crippen molar-refractivity contribution in [3.63, 3.8) is 0 Å². The predicted molar refractivity (Wildman–Crippen MR) is 67.3 cm³/mol. The molecule has 1 aliphatic rings. The lowest BCUT2D eigenvalue weighted by molar-refractivity contribution is 0.0853. The molecule has 6 heteroatoms. The highest BCUT2D eigenvalue weighted by molar-refractivity contribution is 7.91. The molecule has 3 atom stereocenters. The summed E-state index contributed by atoms with van der Waals surface area (Å²) in [6, 6.07) is 9.23. The highest BCUT2D eigenvalue weighted by atomic mass is 32.2. The normalized spacial score (nSPS) is 28.9. The number of rotatable bonds is 5. The second-order valence-corrected chi connectivity index (χ2v) is 6.72. The zero-order valence-electron chi connectivity index (χ0n) is 9.86. The third kappa shape index (κ3) is 2.29. The number of hydrogen-bond donors (Lipinski definition) is 3. The molecule has 0 spiro atoms. The molecule has 0 amide bonds. The van der Waals surface area contributed by atoms with Gasteiger partial charge in [-0.05, 0) is 18.4 Å². The van der Waals surface area contributed by atoms with E-state index in [-0.39, 0.29) is 12.3 Å². The molecule has 1 aromatic rings. The average molecular weight is 271 g/mol. The number of aliphatic hydroxyl groups excluding tert-OH is 2. The van der Waals surface area contributed by atoms with Gasteiger partial charge in [-0.3, -0.25) is 0 Å². The van der Waals surface area contributed by atoms with Gasteiger partial charge >= 0.3 is 0 Å². The number of hydrogen-bond acceptors (Lipinski definition) is 4. The predicted octanol–water partition coefficient (Wildman–Crippen LogP) is -0.0555. The van der Waals surface area contributed by atoms with Gasteiger partial charge in [0.25, 0.3) is 0 Å². The van der Waals surface area contributed by atoms with Crippen LogP contribution in [0.25, 0.3) is 0 Å². The van der Waals surface area contributed by atoms with Gasteiger partial charge in [-0.1, -0.05) is 30.3 Å². The van der Waals surface area contributed by atoms with Crippen molar-refractivity contribution in [3.8, 4) is 0 Å². The van der Waals surface area contributed by atoms with Crippen LogP contribution in [0.1, 0.15) is 24.3 Å². The molecule has 100 valence electrons. The summed E-state index contributed by atoms with van der Waals surface area (Å²) in [7, 11) is -3.76. The van der Waals surface area contributed by atoms with Crippen LogP contribution in [0.2, 0.25) is 0 Å². The molecular weight excluding hydrogens is 254 g/mol. The molecule has 1 aromatic carbocycles. The standard InChI is InChI=1S/C12H17NO4S/c13-18(16,17)12(6-10(15)8-14)7-11(12)9-4-2-1-3-5-9/h1-5,10-11,14-15H,6-8H2,(H2,13,16,17). The number of aliphatic hydroxyl groups is 2. The van der Waals surface area contributed by atoms with Crippen LogP contribution in [-0.2, 0) is 10.0 Å². The monoisotopic (exact) mass is 271 g/mol. The van der Waals surface area contributed by atoms with E-state index in [1.54, 1.807) is 0 Å². The minimum absolute atomic E-state index is 0.0259. The van der Waals surface area contributed by atoms with E-state index < -0.39 is 27.5 Å². The van der Waals surface area contributed by atoms with Gasteiger partial charge < -0.3 is 10.2 Å². The van der Waals surface area contributed by atoms with Crippen LogP contribution >= 0.6 is 0 Å². The van der Waals surface area contributed by atoms with E-state index in [0.717, 1.165) is 5.56 Å². The SMILES string of the molecule is NS(=O)(=O)C1(CC(O)CO)CC1c1ccccc1. The highest BCUT2D eigenvalue weighted by Crippen LogP contribution is 2.58. The van der Waals surface area contributed by atoms with E-state index in [1.165, 1.54) is 0 Å². The van der Waals surface area contributed by atoms with Crippen molar-refractivity contribution in [2.45, 2.75) is 29.6 Å². The lowest BCUT2D eigenvalue weighted by Gasteiger charge is -2.18. The Kier molecular flexibility index (Phi) is 3.46. The number of sulfonamides is 1. The van der Waals surface area contributed by atoms with Gasteiger partial charge in [0, 0.05) is 5.92 Å². The summed E-state index contributed by atoms with van der Waals surface area (Å²) in [5.74, 6) is -0.199. The van der Waals surface area contributed by atoms with Gasteiger partial charge in [0.05, 0.1) is 17.5 Å². The molecule has 4 N–H and O–H groups in total. The van der Waals surface area contributed by atoms with Crippen molar-refractivity contribution < 1.29 is 18.6 Å². The maximum atomic E-state index is 11.7. The molecule has 1 aliphatic carbocycles. The summed E-state index contributed by atoms with van der Waals surface area (Å²) in [5, 5.41) is 23.6. The maximum Gasteiger partial charge on any atom is 0.215 e. The highest BCUT2D eigenvalue weighted by Gasteiger charge is 2.63. The number of primary sulfonamides is 1. The van der Waals surface area contributed by atoms with Gasteiger partial charge in [-0.15, -0.1) is 0 Å². The molecule has 5 nitrogen and oxygen atoms in total. The van der Waals surface area contributed by atoms with Gasteiger partial charge in [0.2, 0.25) is 10.0 Å². The van der Waals surface area contributed by atoms with Crippen LogP contribution in [0.5, 0.6) is 0 Å². The van der Waals surface area contributed by atoms with Gasteiger partial charge in [0.1, 0.15) is 0 Å². The Morgan fingerprint density at radius 2 is 2.00 bits per heavy atom. The first-order valence-electron chi connectivity index (χ1n) is 5.77. The van der Waals surface area contributed by atoms with Crippen molar-refractivity contribution >= 4 is 10.0 Å². The van der Waals surface area contributed by atoms with Crippen molar-refractivity contribution in [1.29, 1.82) is 0 Å². The average Bonchev–Trinajstić information content (AvgIpc) is 3.05. The Balaban J connectivity index is 2.27. The zero-order valence-corrected chi connectivity index (χ0v) is 10.7. The topological polar surface area (TPSA) is 101 Å². The number of nitrogens with two attached hydrogens (primary N) is 1. The second-order valence-electron chi connectivity index (χ2n) is 4.82. The van der Waals surface area contributed by atoms with Crippen molar-refractivity contribution in [2.24, 2.45) is 5.14 Å². The summed E-state index contributed by atoms with van der Waals surface area (Å²) < 4.78 is 22.3. The number of benzene rings is 1. The fourth-order valence-electron chi connectivity index (χ4n) is 2.51. The van der Waals surface area contributed by atoms with Crippen molar-refractivity contribution in [3.05, 3.63) is 35.9 Å². The fraction of sp³-hybridized carbons (Fsp3) is 0.500. The van der Waals surface area contributed by atoms with E-state index in [9.17, 15) is 13.5 Å². The molecule has 1 saturated carbocycles. The molecule has 0 bridgehead atoms. The summed E-state index contributed by atoms with van der Waals surface area (Å²) in [4.78, 5) is 0. The summed E-state index contributed by atoms with van der Waals surface area (Å²) in [6.07, 6.45) is -0.688.